The predicted octanol–water partition coefficient (Wildman–Crippen LogP) is -3.64. The van der Waals surface area contributed by atoms with Crippen molar-refractivity contribution in [1.29, 1.82) is 0 Å². The average Bonchev–Trinajstić information content (AvgIpc) is 2.46. The van der Waals surface area contributed by atoms with Gasteiger partial charge in [0.05, 0.1) is 0 Å². The lowest BCUT2D eigenvalue weighted by molar-refractivity contribution is -0.157. The van der Waals surface area contributed by atoms with Crippen LogP contribution in [0.15, 0.2) is 0 Å². The maximum Gasteiger partial charge on any atom is 0.323 e. The Morgan fingerprint density at radius 3 is 2.19 bits per heavy atom. The molecular formula is C11H19NO9. The standard InChI is InChI=1S/C11H19NO9/c12-5(1-2-8(16)17)11(20)21-4-7(15)10(19)9(18)6(14)3-13/h3,5-7,9-10,14-15,18-19H,1-2,4,12H2,(H,16,17). The number of rotatable bonds is 10. The highest BCUT2D eigenvalue weighted by molar-refractivity contribution is 5.76. The molecule has 0 amide bonds. The van der Waals surface area contributed by atoms with Crippen LogP contribution in [0.4, 0.5) is 0 Å². The van der Waals surface area contributed by atoms with Gasteiger partial charge in [0.15, 0.2) is 6.29 Å². The van der Waals surface area contributed by atoms with Crippen LogP contribution in [0.3, 0.4) is 0 Å². The molecule has 5 unspecified atom stereocenters. The lowest BCUT2D eigenvalue weighted by Crippen LogP contribution is -2.47. The number of aliphatic hydroxyl groups is 4. The second kappa shape index (κ2) is 9.37. The number of carboxylic acids is 1. The van der Waals surface area contributed by atoms with Crippen molar-refractivity contribution in [2.24, 2.45) is 5.73 Å². The average molecular weight is 309 g/mol. The van der Waals surface area contributed by atoms with Crippen molar-refractivity contribution in [3.63, 3.8) is 0 Å². The van der Waals surface area contributed by atoms with Gasteiger partial charge in [-0.3, -0.25) is 9.59 Å². The van der Waals surface area contributed by atoms with Gasteiger partial charge in [0.1, 0.15) is 37.1 Å². The van der Waals surface area contributed by atoms with Gasteiger partial charge in [0.2, 0.25) is 0 Å². The number of ether oxygens (including phenoxy) is 1. The smallest absolute Gasteiger partial charge is 0.323 e. The molecule has 0 saturated heterocycles. The molecule has 21 heavy (non-hydrogen) atoms. The van der Waals surface area contributed by atoms with Crippen molar-refractivity contribution in [2.75, 3.05) is 6.61 Å². The van der Waals surface area contributed by atoms with E-state index < -0.39 is 49.0 Å². The zero-order chi connectivity index (χ0) is 16.6. The zero-order valence-corrected chi connectivity index (χ0v) is 11.0. The molecule has 122 valence electrons. The number of carboxylic acid groups (broad SMARTS) is 1. The van der Waals surface area contributed by atoms with Crippen molar-refractivity contribution in [2.45, 2.75) is 43.3 Å². The van der Waals surface area contributed by atoms with Crippen LogP contribution in [0, 0.1) is 0 Å². The highest BCUT2D eigenvalue weighted by Gasteiger charge is 2.31. The van der Waals surface area contributed by atoms with Gasteiger partial charge in [-0.1, -0.05) is 0 Å². The number of hydrogen-bond donors (Lipinski definition) is 6. The van der Waals surface area contributed by atoms with E-state index in [-0.39, 0.29) is 19.1 Å². The maximum absolute atomic E-state index is 11.3. The third kappa shape index (κ3) is 7.11. The topological polar surface area (TPSA) is 188 Å². The number of aldehydes is 1. The molecule has 0 aromatic rings. The summed E-state index contributed by atoms with van der Waals surface area (Å²) in [4.78, 5) is 31.8. The molecule has 0 aliphatic heterocycles. The molecule has 0 spiro atoms. The van der Waals surface area contributed by atoms with E-state index in [0.29, 0.717) is 0 Å². The Morgan fingerprint density at radius 1 is 1.14 bits per heavy atom. The first-order valence-electron chi connectivity index (χ1n) is 6.02. The van der Waals surface area contributed by atoms with Crippen molar-refractivity contribution in [3.05, 3.63) is 0 Å². The van der Waals surface area contributed by atoms with Crippen LogP contribution in [0.2, 0.25) is 0 Å². The fourth-order valence-corrected chi connectivity index (χ4v) is 1.28. The summed E-state index contributed by atoms with van der Waals surface area (Å²) >= 11 is 0. The second-order valence-corrected chi connectivity index (χ2v) is 4.34. The fourth-order valence-electron chi connectivity index (χ4n) is 1.28. The molecule has 7 N–H and O–H groups in total. The molecule has 0 aliphatic rings. The summed E-state index contributed by atoms with van der Waals surface area (Å²) in [5, 5.41) is 45.5. The van der Waals surface area contributed by atoms with Crippen LogP contribution in [0.25, 0.3) is 0 Å². The highest BCUT2D eigenvalue weighted by Crippen LogP contribution is 2.06. The number of carbonyl (C=O) groups excluding carboxylic acids is 2. The summed E-state index contributed by atoms with van der Waals surface area (Å²) in [5.74, 6) is -2.13. The molecule has 10 heteroatoms. The summed E-state index contributed by atoms with van der Waals surface area (Å²) in [6.45, 7) is -0.747. The van der Waals surface area contributed by atoms with Gasteiger partial charge >= 0.3 is 11.9 Å². The Hall–Kier alpha value is -1.59. The minimum atomic E-state index is -1.95. The van der Waals surface area contributed by atoms with Crippen LogP contribution < -0.4 is 5.73 Å². The SMILES string of the molecule is NC(CCC(=O)O)C(=O)OCC(O)C(O)C(O)C(O)C=O. The van der Waals surface area contributed by atoms with Crippen LogP contribution in [-0.2, 0) is 19.1 Å². The molecule has 0 aliphatic carbocycles. The van der Waals surface area contributed by atoms with Crippen molar-refractivity contribution in [3.8, 4) is 0 Å². The molecule has 0 saturated carbocycles. The minimum absolute atomic E-state index is 0.0333. The normalized spacial score (nSPS) is 18.1. The maximum atomic E-state index is 11.3. The summed E-state index contributed by atoms with van der Waals surface area (Å²) in [6, 6.07) is -1.21. The van der Waals surface area contributed by atoms with E-state index in [1.807, 2.05) is 0 Å². The largest absolute Gasteiger partial charge is 0.481 e. The molecule has 10 nitrogen and oxygen atoms in total. The van der Waals surface area contributed by atoms with E-state index in [1.165, 1.54) is 0 Å². The van der Waals surface area contributed by atoms with Crippen molar-refractivity contribution < 1.29 is 44.7 Å². The number of aliphatic carboxylic acids is 1. The number of carbonyl (C=O) groups is 3. The fraction of sp³-hybridized carbons (Fsp3) is 0.727. The van der Waals surface area contributed by atoms with Crippen molar-refractivity contribution >= 4 is 18.2 Å². The summed E-state index contributed by atoms with van der Waals surface area (Å²) in [7, 11) is 0. The Labute approximate surface area is 119 Å². The van der Waals surface area contributed by atoms with Crippen LogP contribution in [0.5, 0.6) is 0 Å². The third-order valence-corrected chi connectivity index (χ3v) is 2.60. The van der Waals surface area contributed by atoms with E-state index in [2.05, 4.69) is 4.74 Å². The molecule has 0 aromatic carbocycles. The van der Waals surface area contributed by atoms with Gasteiger partial charge in [-0.2, -0.15) is 0 Å². The molecule has 0 rings (SSSR count). The Balaban J connectivity index is 4.22. The molecule has 0 radical (unpaired) electrons. The van der Waals surface area contributed by atoms with Gasteiger partial charge in [0, 0.05) is 6.42 Å². The lowest BCUT2D eigenvalue weighted by Gasteiger charge is -2.24. The van der Waals surface area contributed by atoms with Gasteiger partial charge in [-0.15, -0.1) is 0 Å². The first-order chi connectivity index (χ1) is 9.70. The Bertz CT molecular complexity index is 362. The first kappa shape index (κ1) is 19.4. The van der Waals surface area contributed by atoms with Crippen LogP contribution in [0.1, 0.15) is 12.8 Å². The van der Waals surface area contributed by atoms with E-state index >= 15 is 0 Å². The Morgan fingerprint density at radius 2 is 1.71 bits per heavy atom. The quantitative estimate of drug-likeness (QED) is 0.173. The van der Waals surface area contributed by atoms with Gasteiger partial charge in [-0.05, 0) is 6.42 Å². The minimum Gasteiger partial charge on any atom is -0.481 e. The molecule has 0 bridgehead atoms. The van der Waals surface area contributed by atoms with Gasteiger partial charge in [0.25, 0.3) is 0 Å². The van der Waals surface area contributed by atoms with Crippen LogP contribution >= 0.6 is 0 Å². The lowest BCUT2D eigenvalue weighted by atomic mass is 10.0. The van der Waals surface area contributed by atoms with E-state index in [1.54, 1.807) is 0 Å². The van der Waals surface area contributed by atoms with Gasteiger partial charge in [-0.25, -0.2) is 0 Å². The molecular weight excluding hydrogens is 290 g/mol. The molecule has 0 fully saturated rings. The van der Waals surface area contributed by atoms with Crippen LogP contribution in [-0.4, -0.2) is 80.8 Å². The Kier molecular flexibility index (Phi) is 8.66. The van der Waals surface area contributed by atoms with E-state index in [9.17, 15) is 29.7 Å². The second-order valence-electron chi connectivity index (χ2n) is 4.34. The zero-order valence-electron chi connectivity index (χ0n) is 11.0. The van der Waals surface area contributed by atoms with E-state index in [0.717, 1.165) is 0 Å². The van der Waals surface area contributed by atoms with Crippen molar-refractivity contribution in [1.82, 2.24) is 0 Å². The monoisotopic (exact) mass is 309 g/mol. The van der Waals surface area contributed by atoms with E-state index in [4.69, 9.17) is 15.9 Å². The third-order valence-electron chi connectivity index (χ3n) is 2.60. The number of aliphatic hydroxyl groups excluding tert-OH is 4. The molecule has 0 aromatic heterocycles. The van der Waals surface area contributed by atoms with Gasteiger partial charge < -0.3 is 40.8 Å². The molecule has 5 atom stereocenters. The number of hydrogen-bond acceptors (Lipinski definition) is 9. The first-order valence-corrected chi connectivity index (χ1v) is 6.02. The summed E-state index contributed by atoms with van der Waals surface area (Å²) in [5.41, 5.74) is 5.34. The highest BCUT2D eigenvalue weighted by atomic mass is 16.5. The summed E-state index contributed by atoms with van der Waals surface area (Å²) < 4.78 is 4.53. The predicted molar refractivity (Wildman–Crippen MR) is 65.9 cm³/mol. The summed E-state index contributed by atoms with van der Waals surface area (Å²) in [6.07, 6.45) is -8.07. The molecule has 0 heterocycles. The number of esters is 1. The number of nitrogens with two attached hydrogens (primary N) is 1.